The van der Waals surface area contributed by atoms with Gasteiger partial charge in [-0.15, -0.1) is 11.8 Å². The maximum Gasteiger partial charge on any atom is 0.306 e. The van der Waals surface area contributed by atoms with Crippen molar-refractivity contribution in [3.8, 4) is 0 Å². The molecule has 2 rings (SSSR count). The van der Waals surface area contributed by atoms with Crippen LogP contribution in [0.5, 0.6) is 0 Å². The third-order valence-corrected chi connectivity index (χ3v) is 4.03. The van der Waals surface area contributed by atoms with Crippen LogP contribution in [-0.4, -0.2) is 66.9 Å². The van der Waals surface area contributed by atoms with Crippen LogP contribution in [0.25, 0.3) is 0 Å². The maximum absolute atomic E-state index is 11.1. The Morgan fingerprint density at radius 2 is 2.10 bits per heavy atom. The fourth-order valence-corrected chi connectivity index (χ4v) is 2.54. The monoisotopic (exact) mass is 296 g/mol. The molecule has 1 aliphatic rings. The van der Waals surface area contributed by atoms with Crippen molar-refractivity contribution >= 4 is 23.5 Å². The van der Waals surface area contributed by atoms with Gasteiger partial charge in [0.1, 0.15) is 17.2 Å². The van der Waals surface area contributed by atoms with Crippen LogP contribution in [-0.2, 0) is 9.53 Å². The first-order chi connectivity index (χ1) is 9.72. The smallest absolute Gasteiger partial charge is 0.306 e. The fourth-order valence-electron chi connectivity index (χ4n) is 2.17. The van der Waals surface area contributed by atoms with E-state index in [9.17, 15) is 4.79 Å². The summed E-state index contributed by atoms with van der Waals surface area (Å²) >= 11 is 1.62. The zero-order valence-corrected chi connectivity index (χ0v) is 12.7. The lowest BCUT2D eigenvalue weighted by Gasteiger charge is -2.35. The highest BCUT2D eigenvalue weighted by molar-refractivity contribution is 7.98. The first-order valence-electron chi connectivity index (χ1n) is 6.63. The van der Waals surface area contributed by atoms with Gasteiger partial charge in [0.05, 0.1) is 13.5 Å². The van der Waals surface area contributed by atoms with Gasteiger partial charge in [0.15, 0.2) is 0 Å². The number of aromatic nitrogens is 2. The number of thioether (sulfide) groups is 1. The summed E-state index contributed by atoms with van der Waals surface area (Å²) in [6, 6.07) is 2.02. The second-order valence-electron chi connectivity index (χ2n) is 4.57. The first kappa shape index (κ1) is 15.1. The Labute approximate surface area is 123 Å². The summed E-state index contributed by atoms with van der Waals surface area (Å²) in [6.07, 6.45) is 4.09. The molecule has 0 atom stereocenters. The van der Waals surface area contributed by atoms with E-state index in [2.05, 4.69) is 24.5 Å². The molecule has 0 aromatic carbocycles. The van der Waals surface area contributed by atoms with E-state index in [1.807, 2.05) is 12.3 Å². The highest BCUT2D eigenvalue weighted by Crippen LogP contribution is 2.18. The van der Waals surface area contributed by atoms with Crippen LogP contribution in [0.4, 0.5) is 5.82 Å². The van der Waals surface area contributed by atoms with Crippen molar-refractivity contribution in [2.45, 2.75) is 11.4 Å². The molecule has 1 aromatic heterocycles. The molecule has 0 spiro atoms. The minimum absolute atomic E-state index is 0.146. The van der Waals surface area contributed by atoms with Crippen molar-refractivity contribution in [3.05, 3.63) is 12.4 Å². The van der Waals surface area contributed by atoms with Gasteiger partial charge >= 0.3 is 5.97 Å². The van der Waals surface area contributed by atoms with Crippen molar-refractivity contribution in [1.29, 1.82) is 0 Å². The van der Waals surface area contributed by atoms with E-state index in [4.69, 9.17) is 0 Å². The Kier molecular flexibility index (Phi) is 5.60. The summed E-state index contributed by atoms with van der Waals surface area (Å²) in [7, 11) is 1.43. The zero-order valence-electron chi connectivity index (χ0n) is 11.9. The third-order valence-electron chi connectivity index (χ3n) is 3.39. The highest BCUT2D eigenvalue weighted by Gasteiger charge is 2.18. The number of rotatable bonds is 5. The number of piperazine rings is 1. The summed E-state index contributed by atoms with van der Waals surface area (Å²) in [5.74, 6) is 0.838. The molecule has 1 aliphatic heterocycles. The lowest BCUT2D eigenvalue weighted by Crippen LogP contribution is -2.47. The number of anilines is 1. The molecule has 0 unspecified atom stereocenters. The molecule has 1 aromatic rings. The molecule has 1 saturated heterocycles. The SMILES string of the molecule is COC(=O)CCN1CCN(c2cc(SC)ncn2)CC1. The fraction of sp³-hybridized carbons (Fsp3) is 0.615. The molecular weight excluding hydrogens is 276 g/mol. The molecule has 0 amide bonds. The number of hydrogen-bond acceptors (Lipinski definition) is 7. The number of esters is 1. The van der Waals surface area contributed by atoms with Crippen LogP contribution >= 0.6 is 11.8 Å². The van der Waals surface area contributed by atoms with Crippen molar-refractivity contribution in [2.24, 2.45) is 0 Å². The van der Waals surface area contributed by atoms with Crippen LogP contribution in [0.15, 0.2) is 17.4 Å². The number of hydrogen-bond donors (Lipinski definition) is 0. The molecule has 0 bridgehead atoms. The van der Waals surface area contributed by atoms with Crippen molar-refractivity contribution in [2.75, 3.05) is 51.0 Å². The van der Waals surface area contributed by atoms with Crippen LogP contribution < -0.4 is 4.90 Å². The van der Waals surface area contributed by atoms with Gasteiger partial charge in [0.25, 0.3) is 0 Å². The quantitative estimate of drug-likeness (QED) is 0.454. The minimum Gasteiger partial charge on any atom is -0.469 e. The Morgan fingerprint density at radius 1 is 1.35 bits per heavy atom. The van der Waals surface area contributed by atoms with E-state index in [0.717, 1.165) is 43.6 Å². The van der Waals surface area contributed by atoms with Gasteiger partial charge in [-0.25, -0.2) is 9.97 Å². The van der Waals surface area contributed by atoms with Crippen LogP contribution in [0, 0.1) is 0 Å². The Bertz CT molecular complexity index is 450. The number of nitrogens with zero attached hydrogens (tertiary/aromatic N) is 4. The second-order valence-corrected chi connectivity index (χ2v) is 5.40. The zero-order chi connectivity index (χ0) is 14.4. The molecule has 110 valence electrons. The van der Waals surface area contributed by atoms with Crippen LogP contribution in [0.1, 0.15) is 6.42 Å². The van der Waals surface area contributed by atoms with Gasteiger partial charge in [-0.05, 0) is 6.26 Å². The lowest BCUT2D eigenvalue weighted by atomic mass is 10.3. The predicted molar refractivity (Wildman–Crippen MR) is 79.1 cm³/mol. The third kappa shape index (κ3) is 4.08. The van der Waals surface area contributed by atoms with Gasteiger partial charge in [-0.1, -0.05) is 0 Å². The normalized spacial score (nSPS) is 16.2. The number of carbonyl (C=O) groups excluding carboxylic acids is 1. The summed E-state index contributed by atoms with van der Waals surface area (Å²) in [4.78, 5) is 24.2. The standard InChI is InChI=1S/C13H20N4O2S/c1-19-13(18)3-4-16-5-7-17(8-6-16)11-9-12(20-2)15-10-14-11/h9-10H,3-8H2,1-2H3. The van der Waals surface area contributed by atoms with Gasteiger partial charge in [-0.2, -0.15) is 0 Å². The highest BCUT2D eigenvalue weighted by atomic mass is 32.2. The molecule has 20 heavy (non-hydrogen) atoms. The molecule has 0 saturated carbocycles. The average molecular weight is 296 g/mol. The van der Waals surface area contributed by atoms with E-state index < -0.39 is 0 Å². The van der Waals surface area contributed by atoms with Gasteiger partial charge in [0, 0.05) is 38.8 Å². The lowest BCUT2D eigenvalue weighted by molar-refractivity contribution is -0.141. The molecule has 0 N–H and O–H groups in total. The van der Waals surface area contributed by atoms with Crippen LogP contribution in [0.3, 0.4) is 0 Å². The summed E-state index contributed by atoms with van der Waals surface area (Å²) in [5, 5.41) is 0.989. The van der Waals surface area contributed by atoms with Crippen LogP contribution in [0.2, 0.25) is 0 Å². The van der Waals surface area contributed by atoms with E-state index in [1.165, 1.54) is 7.11 Å². The van der Waals surface area contributed by atoms with E-state index in [1.54, 1.807) is 18.1 Å². The number of methoxy groups -OCH3 is 1. The molecular formula is C13H20N4O2S. The molecule has 0 radical (unpaired) electrons. The first-order valence-corrected chi connectivity index (χ1v) is 7.85. The van der Waals surface area contributed by atoms with Crippen molar-refractivity contribution in [3.63, 3.8) is 0 Å². The molecule has 1 fully saturated rings. The number of ether oxygens (including phenoxy) is 1. The topological polar surface area (TPSA) is 58.6 Å². The van der Waals surface area contributed by atoms with E-state index >= 15 is 0 Å². The van der Waals surface area contributed by atoms with Gasteiger partial charge in [-0.3, -0.25) is 9.69 Å². The van der Waals surface area contributed by atoms with E-state index in [-0.39, 0.29) is 5.97 Å². The van der Waals surface area contributed by atoms with Crippen molar-refractivity contribution in [1.82, 2.24) is 14.9 Å². The molecule has 6 nitrogen and oxygen atoms in total. The Balaban J connectivity index is 1.83. The Hall–Kier alpha value is -1.34. The van der Waals surface area contributed by atoms with E-state index in [0.29, 0.717) is 6.42 Å². The molecule has 7 heteroatoms. The maximum atomic E-state index is 11.1. The molecule has 2 heterocycles. The van der Waals surface area contributed by atoms with Gasteiger partial charge in [0.2, 0.25) is 0 Å². The second kappa shape index (κ2) is 7.44. The predicted octanol–water partition coefficient (Wildman–Crippen LogP) is 0.884. The van der Waals surface area contributed by atoms with Gasteiger partial charge < -0.3 is 9.64 Å². The van der Waals surface area contributed by atoms with Crippen molar-refractivity contribution < 1.29 is 9.53 Å². The summed E-state index contributed by atoms with van der Waals surface area (Å²) in [6.45, 7) is 4.49. The largest absolute Gasteiger partial charge is 0.469 e. The average Bonchev–Trinajstić information content (AvgIpc) is 2.53. The molecule has 0 aliphatic carbocycles. The number of carbonyl (C=O) groups is 1. The summed E-state index contributed by atoms with van der Waals surface area (Å²) in [5.41, 5.74) is 0. The Morgan fingerprint density at radius 3 is 2.75 bits per heavy atom. The minimum atomic E-state index is -0.146. The summed E-state index contributed by atoms with van der Waals surface area (Å²) < 4.78 is 4.66.